The summed E-state index contributed by atoms with van der Waals surface area (Å²) in [7, 11) is 0. The third-order valence-corrected chi connectivity index (χ3v) is 3.57. The Hall–Kier alpha value is -3.22. The molecule has 0 bridgehead atoms. The maximum absolute atomic E-state index is 11.9. The molecule has 7 nitrogen and oxygen atoms in total. The van der Waals surface area contributed by atoms with Gasteiger partial charge in [-0.05, 0) is 18.6 Å². The molecule has 3 aromatic rings. The Balaban J connectivity index is 2.01. The summed E-state index contributed by atoms with van der Waals surface area (Å²) < 4.78 is 1.70. The summed E-state index contributed by atoms with van der Waals surface area (Å²) in [5.74, 6) is 0.779. The van der Waals surface area contributed by atoms with Gasteiger partial charge in [-0.15, -0.1) is 5.10 Å². The van der Waals surface area contributed by atoms with Crippen molar-refractivity contribution in [3.05, 3.63) is 58.6 Å². The number of rotatable bonds is 1. The Kier molecular flexibility index (Phi) is 2.65. The molecule has 0 radical (unpaired) electrons. The third kappa shape index (κ3) is 1.76. The van der Waals surface area contributed by atoms with E-state index in [1.54, 1.807) is 10.7 Å². The van der Waals surface area contributed by atoms with E-state index in [0.717, 1.165) is 22.6 Å². The highest BCUT2D eigenvalue weighted by atomic mass is 16.1. The van der Waals surface area contributed by atoms with Crippen LogP contribution in [0.5, 0.6) is 0 Å². The molecule has 1 aromatic carbocycles. The van der Waals surface area contributed by atoms with Crippen LogP contribution in [0.15, 0.2) is 47.4 Å². The van der Waals surface area contributed by atoms with E-state index >= 15 is 0 Å². The summed E-state index contributed by atoms with van der Waals surface area (Å²) in [5.41, 5.74) is 9.36. The van der Waals surface area contributed by atoms with Crippen molar-refractivity contribution in [3.63, 3.8) is 0 Å². The standard InChI is InChI=1S/C15H12N6O/c1-9-12(10-5-3-2-4-6-10)14-18-17-13-11(21(14)20-9)7-8-16-19-15(13)22/h2-8,17-18H,1H3. The molecule has 0 saturated carbocycles. The van der Waals surface area contributed by atoms with Gasteiger partial charge in [0.2, 0.25) is 0 Å². The molecule has 1 aliphatic heterocycles. The minimum Gasteiger partial charge on any atom is -0.292 e. The predicted octanol–water partition coefficient (Wildman–Crippen LogP) is 1.75. The maximum atomic E-state index is 11.9. The van der Waals surface area contributed by atoms with Crippen LogP contribution in [0.2, 0.25) is 0 Å². The average molecular weight is 292 g/mol. The highest BCUT2D eigenvalue weighted by Gasteiger charge is 2.24. The fourth-order valence-electron chi connectivity index (χ4n) is 2.62. The van der Waals surface area contributed by atoms with Crippen LogP contribution < -0.4 is 16.4 Å². The Morgan fingerprint density at radius 2 is 1.91 bits per heavy atom. The van der Waals surface area contributed by atoms with Crippen molar-refractivity contribution in [2.45, 2.75) is 6.92 Å². The predicted molar refractivity (Wildman–Crippen MR) is 82.8 cm³/mol. The van der Waals surface area contributed by atoms with Crippen molar-refractivity contribution in [1.82, 2.24) is 20.0 Å². The Morgan fingerprint density at radius 3 is 2.73 bits per heavy atom. The summed E-state index contributed by atoms with van der Waals surface area (Å²) in [4.78, 5) is 11.9. The van der Waals surface area contributed by atoms with Crippen molar-refractivity contribution in [1.29, 1.82) is 0 Å². The summed E-state index contributed by atoms with van der Waals surface area (Å²) in [6, 6.07) is 11.7. The largest absolute Gasteiger partial charge is 0.315 e. The molecule has 0 aliphatic carbocycles. The van der Waals surface area contributed by atoms with Crippen LogP contribution >= 0.6 is 0 Å². The van der Waals surface area contributed by atoms with E-state index < -0.39 is 5.56 Å². The lowest BCUT2D eigenvalue weighted by Gasteiger charge is -2.19. The first-order valence-electron chi connectivity index (χ1n) is 6.79. The molecule has 4 rings (SSSR count). The van der Waals surface area contributed by atoms with Crippen LogP contribution in [0.25, 0.3) is 16.8 Å². The van der Waals surface area contributed by atoms with E-state index in [1.165, 1.54) is 6.20 Å². The second kappa shape index (κ2) is 4.66. The maximum Gasteiger partial charge on any atom is 0.315 e. The van der Waals surface area contributed by atoms with Crippen molar-refractivity contribution in [2.24, 2.45) is 0 Å². The third-order valence-electron chi connectivity index (χ3n) is 3.57. The first-order valence-corrected chi connectivity index (χ1v) is 6.79. The number of nitrogens with one attached hydrogen (secondary N) is 2. The lowest BCUT2D eigenvalue weighted by Crippen LogP contribution is -2.25. The SMILES string of the molecule is Cc1nn2c(c1-c1ccccc1)NNc1c-2ccnnc1=O. The molecule has 0 fully saturated rings. The van der Waals surface area contributed by atoms with Gasteiger partial charge in [0.15, 0.2) is 5.82 Å². The molecule has 7 heteroatoms. The molecular formula is C15H12N6O. The van der Waals surface area contributed by atoms with Gasteiger partial charge in [-0.1, -0.05) is 30.3 Å². The van der Waals surface area contributed by atoms with Crippen LogP contribution in [-0.2, 0) is 0 Å². The topological polar surface area (TPSA) is 84.7 Å². The number of fused-ring (bicyclic) bond motifs is 3. The molecule has 0 spiro atoms. The number of aryl methyl sites for hydroxylation is 1. The van der Waals surface area contributed by atoms with Gasteiger partial charge < -0.3 is 0 Å². The molecular weight excluding hydrogens is 280 g/mol. The number of hydrogen-bond donors (Lipinski definition) is 2. The van der Waals surface area contributed by atoms with Crippen molar-refractivity contribution in [3.8, 4) is 16.8 Å². The molecule has 0 unspecified atom stereocenters. The molecule has 1 aliphatic rings. The monoisotopic (exact) mass is 292 g/mol. The number of hydrogen-bond acceptors (Lipinski definition) is 6. The van der Waals surface area contributed by atoms with Gasteiger partial charge in [0, 0.05) is 5.56 Å². The second-order valence-corrected chi connectivity index (χ2v) is 4.93. The zero-order valence-corrected chi connectivity index (χ0v) is 11.7. The van der Waals surface area contributed by atoms with E-state index in [2.05, 4.69) is 26.1 Å². The van der Waals surface area contributed by atoms with Crippen LogP contribution in [0.4, 0.5) is 11.5 Å². The van der Waals surface area contributed by atoms with Crippen molar-refractivity contribution < 1.29 is 0 Å². The number of aromatic nitrogens is 4. The van der Waals surface area contributed by atoms with E-state index in [-0.39, 0.29) is 0 Å². The normalized spacial score (nSPS) is 11.9. The first-order chi connectivity index (χ1) is 10.8. The first kappa shape index (κ1) is 12.5. The van der Waals surface area contributed by atoms with Gasteiger partial charge in [-0.3, -0.25) is 15.6 Å². The zero-order chi connectivity index (χ0) is 15.1. The van der Waals surface area contributed by atoms with E-state index in [9.17, 15) is 4.79 Å². The second-order valence-electron chi connectivity index (χ2n) is 4.93. The van der Waals surface area contributed by atoms with Crippen molar-refractivity contribution in [2.75, 3.05) is 10.9 Å². The molecule has 2 N–H and O–H groups in total. The van der Waals surface area contributed by atoms with Crippen LogP contribution in [-0.4, -0.2) is 20.0 Å². The van der Waals surface area contributed by atoms with Gasteiger partial charge >= 0.3 is 5.56 Å². The summed E-state index contributed by atoms with van der Waals surface area (Å²) in [6.07, 6.45) is 1.48. The lowest BCUT2D eigenvalue weighted by atomic mass is 10.1. The van der Waals surface area contributed by atoms with Crippen LogP contribution in [0.1, 0.15) is 5.69 Å². The molecule has 0 atom stereocenters. The molecule has 22 heavy (non-hydrogen) atoms. The van der Waals surface area contributed by atoms with Crippen LogP contribution in [0, 0.1) is 6.92 Å². The molecule has 3 heterocycles. The minimum atomic E-state index is -0.437. The van der Waals surface area contributed by atoms with E-state index in [0.29, 0.717) is 11.4 Å². The summed E-state index contributed by atoms with van der Waals surface area (Å²) in [6.45, 7) is 1.94. The van der Waals surface area contributed by atoms with Gasteiger partial charge in [-0.25, -0.2) is 4.68 Å². The van der Waals surface area contributed by atoms with E-state index in [4.69, 9.17) is 0 Å². The molecule has 2 aromatic heterocycles. The number of nitrogens with zero attached hydrogens (tertiary/aromatic N) is 4. The molecule has 0 amide bonds. The fourth-order valence-corrected chi connectivity index (χ4v) is 2.62. The minimum absolute atomic E-state index is 0.326. The Bertz CT molecular complexity index is 919. The Labute approximate surface area is 125 Å². The number of anilines is 2. The Morgan fingerprint density at radius 1 is 1.09 bits per heavy atom. The lowest BCUT2D eigenvalue weighted by molar-refractivity contribution is 0.855. The van der Waals surface area contributed by atoms with Crippen molar-refractivity contribution >= 4 is 11.5 Å². The van der Waals surface area contributed by atoms with Gasteiger partial charge in [0.1, 0.15) is 5.69 Å². The average Bonchev–Trinajstić information content (AvgIpc) is 2.76. The highest BCUT2D eigenvalue weighted by molar-refractivity contribution is 5.83. The van der Waals surface area contributed by atoms with Crippen LogP contribution in [0.3, 0.4) is 0 Å². The van der Waals surface area contributed by atoms with E-state index in [1.807, 2.05) is 37.3 Å². The smallest absolute Gasteiger partial charge is 0.292 e. The van der Waals surface area contributed by atoms with Gasteiger partial charge in [0.25, 0.3) is 0 Å². The fraction of sp³-hybridized carbons (Fsp3) is 0.0667. The molecule has 0 saturated heterocycles. The summed E-state index contributed by atoms with van der Waals surface area (Å²) >= 11 is 0. The highest BCUT2D eigenvalue weighted by Crippen LogP contribution is 2.36. The number of benzene rings is 1. The summed E-state index contributed by atoms with van der Waals surface area (Å²) in [5, 5.41) is 11.8. The molecule has 108 valence electrons. The number of hydrazine groups is 1. The van der Waals surface area contributed by atoms with Gasteiger partial charge in [0.05, 0.1) is 17.6 Å². The quantitative estimate of drug-likeness (QED) is 0.711. The zero-order valence-electron chi connectivity index (χ0n) is 11.7. The van der Waals surface area contributed by atoms with Gasteiger partial charge in [-0.2, -0.15) is 10.2 Å².